The Labute approximate surface area is 154 Å². The van der Waals surface area contributed by atoms with Gasteiger partial charge in [0.1, 0.15) is 5.60 Å². The molecule has 1 atom stereocenters. The second kappa shape index (κ2) is 6.66. The Morgan fingerprint density at radius 2 is 1.91 bits per heavy atom. The molecular weight excluding hydrogens is 382 g/mol. The molecule has 0 saturated carbocycles. The van der Waals surface area contributed by atoms with Gasteiger partial charge in [-0.2, -0.15) is 5.26 Å². The fourth-order valence-corrected chi connectivity index (χ4v) is 3.42. The lowest BCUT2D eigenvalue weighted by Gasteiger charge is -2.28. The average Bonchev–Trinajstić information content (AvgIpc) is 3.18. The lowest BCUT2D eigenvalue weighted by Crippen LogP contribution is -2.44. The van der Waals surface area contributed by atoms with Crippen LogP contribution in [0, 0.1) is 11.5 Å². The maximum atomic E-state index is 12.4. The molecule has 1 unspecified atom stereocenters. The first kappa shape index (κ1) is 18.6. The van der Waals surface area contributed by atoms with Crippen molar-refractivity contribution < 1.29 is 9.53 Å². The predicted octanol–water partition coefficient (Wildman–Crippen LogP) is 4.50. The van der Waals surface area contributed by atoms with Gasteiger partial charge in [0.15, 0.2) is 10.5 Å². The van der Waals surface area contributed by atoms with E-state index in [1.165, 1.54) is 0 Å². The van der Waals surface area contributed by atoms with Crippen LogP contribution in [0.15, 0.2) is 18.2 Å². The molecule has 8 heteroatoms. The first-order valence-corrected chi connectivity index (χ1v) is 8.34. The van der Waals surface area contributed by atoms with Crippen LogP contribution in [0.2, 0.25) is 10.0 Å². The van der Waals surface area contributed by atoms with Crippen LogP contribution in [0.3, 0.4) is 0 Å². The van der Waals surface area contributed by atoms with Crippen LogP contribution in [-0.4, -0.2) is 27.8 Å². The molecule has 1 aromatic rings. The first-order chi connectivity index (χ1) is 10.6. The first-order valence-electron chi connectivity index (χ1n) is 6.83. The van der Waals surface area contributed by atoms with E-state index in [9.17, 15) is 4.79 Å². The minimum atomic E-state index is -1.80. The standard InChI is InChI=1S/C15H14Cl4N2O2/c1-9(2)21(8-20)13(22)15(18,19)6-14(7-23-14)10-3-11(16)5-12(17)4-10/h3-5,9H,6-7H2,1-2H3. The number of benzene rings is 1. The highest BCUT2D eigenvalue weighted by Gasteiger charge is 2.55. The highest BCUT2D eigenvalue weighted by molar-refractivity contribution is 6.58. The zero-order chi connectivity index (χ0) is 17.4. The Balaban J connectivity index is 2.26. The second-order valence-electron chi connectivity index (χ2n) is 5.69. The molecular formula is C15H14Cl4N2O2. The number of rotatable bonds is 5. The third kappa shape index (κ3) is 4.04. The van der Waals surface area contributed by atoms with Crippen LogP contribution in [-0.2, 0) is 15.1 Å². The number of amides is 1. The van der Waals surface area contributed by atoms with Gasteiger partial charge in [-0.05, 0) is 37.6 Å². The number of ether oxygens (including phenoxy) is 1. The van der Waals surface area contributed by atoms with Gasteiger partial charge < -0.3 is 4.74 Å². The lowest BCUT2D eigenvalue weighted by atomic mass is 9.94. The molecule has 1 amide bonds. The molecule has 1 aromatic carbocycles. The Bertz CT molecular complexity index is 646. The zero-order valence-corrected chi connectivity index (χ0v) is 15.5. The van der Waals surface area contributed by atoms with Crippen LogP contribution in [0.5, 0.6) is 0 Å². The monoisotopic (exact) mass is 394 g/mol. The molecule has 0 N–H and O–H groups in total. The van der Waals surface area contributed by atoms with E-state index in [-0.39, 0.29) is 12.5 Å². The smallest absolute Gasteiger partial charge is 0.272 e. The molecule has 124 valence electrons. The van der Waals surface area contributed by atoms with Crippen molar-refractivity contribution in [2.45, 2.75) is 36.2 Å². The van der Waals surface area contributed by atoms with Gasteiger partial charge in [-0.3, -0.25) is 4.79 Å². The summed E-state index contributed by atoms with van der Waals surface area (Å²) in [5, 5.41) is 10.0. The van der Waals surface area contributed by atoms with Gasteiger partial charge in [-0.25, -0.2) is 4.90 Å². The molecule has 0 aliphatic carbocycles. The van der Waals surface area contributed by atoms with Gasteiger partial charge in [0.05, 0.1) is 6.61 Å². The van der Waals surface area contributed by atoms with Crippen LogP contribution in [0.1, 0.15) is 25.8 Å². The van der Waals surface area contributed by atoms with Crippen molar-refractivity contribution in [3.63, 3.8) is 0 Å². The normalized spacial score (nSPS) is 20.3. The summed E-state index contributed by atoms with van der Waals surface area (Å²) in [6.07, 6.45) is 1.79. The van der Waals surface area contributed by atoms with E-state index in [0.29, 0.717) is 22.2 Å². The van der Waals surface area contributed by atoms with Crippen LogP contribution in [0.4, 0.5) is 0 Å². The van der Waals surface area contributed by atoms with Crippen molar-refractivity contribution in [1.82, 2.24) is 4.90 Å². The van der Waals surface area contributed by atoms with Gasteiger partial charge >= 0.3 is 0 Å². The Kier molecular flexibility index (Phi) is 5.40. The van der Waals surface area contributed by atoms with Gasteiger partial charge in [0.25, 0.3) is 5.91 Å². The third-order valence-corrected chi connectivity index (χ3v) is 4.57. The summed E-state index contributed by atoms with van der Waals surface area (Å²) in [6.45, 7) is 3.74. The number of hydrogen-bond acceptors (Lipinski definition) is 3. The Morgan fingerprint density at radius 1 is 1.39 bits per heavy atom. The quantitative estimate of drug-likeness (QED) is 0.319. The number of hydrogen-bond donors (Lipinski definition) is 0. The van der Waals surface area contributed by atoms with Crippen LogP contribution < -0.4 is 0 Å². The average molecular weight is 396 g/mol. The molecule has 1 heterocycles. The van der Waals surface area contributed by atoms with Crippen molar-refractivity contribution in [1.29, 1.82) is 5.26 Å². The van der Waals surface area contributed by atoms with E-state index < -0.39 is 15.8 Å². The van der Waals surface area contributed by atoms with E-state index in [1.54, 1.807) is 38.2 Å². The van der Waals surface area contributed by atoms with Gasteiger partial charge in [-0.1, -0.05) is 46.4 Å². The van der Waals surface area contributed by atoms with E-state index in [0.717, 1.165) is 4.90 Å². The van der Waals surface area contributed by atoms with Crippen molar-refractivity contribution >= 4 is 52.3 Å². The molecule has 2 rings (SSSR count). The molecule has 0 aromatic heterocycles. The van der Waals surface area contributed by atoms with Crippen molar-refractivity contribution in [3.8, 4) is 6.19 Å². The molecule has 1 fully saturated rings. The fourth-order valence-electron chi connectivity index (χ4n) is 2.28. The van der Waals surface area contributed by atoms with Gasteiger partial charge in [0.2, 0.25) is 0 Å². The third-order valence-electron chi connectivity index (χ3n) is 3.54. The van der Waals surface area contributed by atoms with Crippen LogP contribution in [0.25, 0.3) is 0 Å². The molecule has 0 bridgehead atoms. The van der Waals surface area contributed by atoms with E-state index in [4.69, 9.17) is 56.4 Å². The summed E-state index contributed by atoms with van der Waals surface area (Å²) in [7, 11) is 0. The largest absolute Gasteiger partial charge is 0.364 e. The summed E-state index contributed by atoms with van der Waals surface area (Å²) in [5.41, 5.74) is -0.132. The number of nitriles is 1. The fraction of sp³-hybridized carbons (Fsp3) is 0.467. The van der Waals surface area contributed by atoms with Gasteiger partial charge in [-0.15, -0.1) is 0 Å². The topological polar surface area (TPSA) is 56.6 Å². The highest BCUT2D eigenvalue weighted by atomic mass is 35.5. The zero-order valence-electron chi connectivity index (χ0n) is 12.4. The maximum absolute atomic E-state index is 12.4. The number of carbonyl (C=O) groups excluding carboxylic acids is 1. The van der Waals surface area contributed by atoms with Crippen molar-refractivity contribution in [2.24, 2.45) is 0 Å². The Hall–Kier alpha value is -0.700. The lowest BCUT2D eigenvalue weighted by molar-refractivity contribution is -0.130. The molecule has 23 heavy (non-hydrogen) atoms. The number of carbonyl (C=O) groups is 1. The SMILES string of the molecule is CC(C)N(C#N)C(=O)C(Cl)(Cl)CC1(c2cc(Cl)cc(Cl)c2)CO1. The minimum Gasteiger partial charge on any atom is -0.364 e. The molecule has 0 radical (unpaired) electrons. The molecule has 1 aliphatic heterocycles. The molecule has 1 aliphatic rings. The molecule has 1 saturated heterocycles. The summed E-state index contributed by atoms with van der Waals surface area (Å²) >= 11 is 24.5. The number of alkyl halides is 2. The predicted molar refractivity (Wildman–Crippen MR) is 90.7 cm³/mol. The number of epoxide rings is 1. The maximum Gasteiger partial charge on any atom is 0.272 e. The highest BCUT2D eigenvalue weighted by Crippen LogP contribution is 2.49. The number of nitrogens with zero attached hydrogens (tertiary/aromatic N) is 2. The van der Waals surface area contributed by atoms with E-state index in [1.807, 2.05) is 0 Å². The second-order valence-corrected chi connectivity index (χ2v) is 8.05. The molecule has 4 nitrogen and oxygen atoms in total. The van der Waals surface area contributed by atoms with Crippen molar-refractivity contribution in [2.75, 3.05) is 6.61 Å². The summed E-state index contributed by atoms with van der Waals surface area (Å²) in [6, 6.07) is 4.64. The van der Waals surface area contributed by atoms with E-state index in [2.05, 4.69) is 0 Å². The molecule has 0 spiro atoms. The minimum absolute atomic E-state index is 0.0104. The summed E-state index contributed by atoms with van der Waals surface area (Å²) in [4.78, 5) is 13.4. The van der Waals surface area contributed by atoms with E-state index >= 15 is 0 Å². The number of halogens is 4. The Morgan fingerprint density at radius 3 is 2.30 bits per heavy atom. The van der Waals surface area contributed by atoms with Crippen molar-refractivity contribution in [3.05, 3.63) is 33.8 Å². The van der Waals surface area contributed by atoms with Gasteiger partial charge in [0, 0.05) is 22.5 Å². The summed E-state index contributed by atoms with van der Waals surface area (Å²) < 4.78 is 3.71. The summed E-state index contributed by atoms with van der Waals surface area (Å²) in [5.74, 6) is -0.679. The van der Waals surface area contributed by atoms with Crippen LogP contribution >= 0.6 is 46.4 Å².